The van der Waals surface area contributed by atoms with Crippen LogP contribution in [0.2, 0.25) is 0 Å². The molecule has 2 aromatic carbocycles. The van der Waals surface area contributed by atoms with Crippen LogP contribution in [0.3, 0.4) is 0 Å². The molecule has 2 heterocycles. The summed E-state index contributed by atoms with van der Waals surface area (Å²) in [7, 11) is 1.71. The van der Waals surface area contributed by atoms with Gasteiger partial charge in [0.05, 0.1) is 18.8 Å². The lowest BCUT2D eigenvalue weighted by molar-refractivity contribution is -0.119. The molecule has 0 saturated carbocycles. The molecular formula is C24H29N3O3. The third kappa shape index (κ3) is 4.65. The van der Waals surface area contributed by atoms with Gasteiger partial charge >= 0.3 is 0 Å². The number of carbonyl (C=O) groups excluding carboxylic acids is 2. The number of anilines is 1. The Balaban J connectivity index is 1.25. The Morgan fingerprint density at radius 2 is 1.80 bits per heavy atom. The summed E-state index contributed by atoms with van der Waals surface area (Å²) in [5, 5.41) is 2.97. The summed E-state index contributed by atoms with van der Waals surface area (Å²) in [5.41, 5.74) is 2.95. The molecule has 0 radical (unpaired) electrons. The normalized spacial score (nSPS) is 19.6. The fourth-order valence-electron chi connectivity index (χ4n) is 4.27. The van der Waals surface area contributed by atoms with Gasteiger partial charge in [-0.15, -0.1) is 0 Å². The smallest absolute Gasteiger partial charge is 0.220 e. The van der Waals surface area contributed by atoms with Gasteiger partial charge in [0.15, 0.2) is 5.78 Å². The summed E-state index contributed by atoms with van der Waals surface area (Å²) >= 11 is 0. The highest BCUT2D eigenvalue weighted by Crippen LogP contribution is 2.28. The van der Waals surface area contributed by atoms with Crippen molar-refractivity contribution < 1.29 is 14.3 Å². The number of rotatable bonds is 7. The zero-order valence-corrected chi connectivity index (χ0v) is 17.5. The minimum absolute atomic E-state index is 0.0844. The SMILES string of the molecule is COc1ccccc1N1CCN(CCC(=O)c2ccc(C3CCC(=O)N3)cc2)CC1. The van der Waals surface area contributed by atoms with E-state index in [1.165, 1.54) is 0 Å². The molecule has 2 aliphatic rings. The highest BCUT2D eigenvalue weighted by atomic mass is 16.5. The third-order valence-corrected chi connectivity index (χ3v) is 6.08. The number of para-hydroxylation sites is 2. The van der Waals surface area contributed by atoms with Gasteiger partial charge in [-0.1, -0.05) is 36.4 Å². The number of methoxy groups -OCH3 is 1. The number of hydrogen-bond donors (Lipinski definition) is 1. The highest BCUT2D eigenvalue weighted by Gasteiger charge is 2.23. The Labute approximate surface area is 177 Å². The van der Waals surface area contributed by atoms with Crippen LogP contribution in [0.1, 0.15) is 41.2 Å². The van der Waals surface area contributed by atoms with E-state index in [9.17, 15) is 9.59 Å². The van der Waals surface area contributed by atoms with E-state index in [0.717, 1.165) is 61.7 Å². The number of piperazine rings is 1. The maximum absolute atomic E-state index is 12.6. The van der Waals surface area contributed by atoms with Crippen LogP contribution in [-0.4, -0.2) is 56.4 Å². The number of benzene rings is 2. The molecule has 30 heavy (non-hydrogen) atoms. The van der Waals surface area contributed by atoms with Gasteiger partial charge in [-0.25, -0.2) is 0 Å². The summed E-state index contributed by atoms with van der Waals surface area (Å²) in [6.07, 6.45) is 1.93. The Kier molecular flexibility index (Phi) is 6.33. The van der Waals surface area contributed by atoms with Crippen molar-refractivity contribution in [2.45, 2.75) is 25.3 Å². The molecule has 2 fully saturated rings. The fraction of sp³-hybridized carbons (Fsp3) is 0.417. The number of nitrogens with one attached hydrogen (secondary N) is 1. The Bertz CT molecular complexity index is 889. The molecule has 158 valence electrons. The zero-order valence-electron chi connectivity index (χ0n) is 17.5. The van der Waals surface area contributed by atoms with Crippen LogP contribution >= 0.6 is 0 Å². The van der Waals surface area contributed by atoms with Crippen LogP contribution in [0, 0.1) is 0 Å². The molecule has 6 nitrogen and oxygen atoms in total. The van der Waals surface area contributed by atoms with Crippen molar-refractivity contribution in [1.82, 2.24) is 10.2 Å². The summed E-state index contributed by atoms with van der Waals surface area (Å²) in [4.78, 5) is 28.7. The van der Waals surface area contributed by atoms with Gasteiger partial charge in [0.25, 0.3) is 0 Å². The molecule has 1 N–H and O–H groups in total. The summed E-state index contributed by atoms with van der Waals surface area (Å²) < 4.78 is 5.48. The summed E-state index contributed by atoms with van der Waals surface area (Å²) in [5.74, 6) is 1.18. The first-order valence-corrected chi connectivity index (χ1v) is 10.7. The van der Waals surface area contributed by atoms with Gasteiger partial charge in [-0.05, 0) is 24.1 Å². The van der Waals surface area contributed by atoms with Gasteiger partial charge in [-0.3, -0.25) is 14.5 Å². The van der Waals surface area contributed by atoms with E-state index in [0.29, 0.717) is 12.8 Å². The molecule has 2 aliphatic heterocycles. The van der Waals surface area contributed by atoms with Crippen molar-refractivity contribution in [3.63, 3.8) is 0 Å². The second-order valence-electron chi connectivity index (χ2n) is 7.95. The van der Waals surface area contributed by atoms with E-state index >= 15 is 0 Å². The molecular weight excluding hydrogens is 378 g/mol. The van der Waals surface area contributed by atoms with Gasteiger partial charge in [-0.2, -0.15) is 0 Å². The topological polar surface area (TPSA) is 61.9 Å². The lowest BCUT2D eigenvalue weighted by atomic mass is 10.0. The third-order valence-electron chi connectivity index (χ3n) is 6.08. The fourth-order valence-corrected chi connectivity index (χ4v) is 4.27. The lowest BCUT2D eigenvalue weighted by Gasteiger charge is -2.36. The predicted octanol–water partition coefficient (Wildman–Crippen LogP) is 3.04. The summed E-state index contributed by atoms with van der Waals surface area (Å²) in [6.45, 7) is 4.50. The highest BCUT2D eigenvalue weighted by molar-refractivity contribution is 5.96. The number of Topliss-reactive ketones (excluding diaryl/α,β-unsaturated/α-hetero) is 1. The van der Waals surface area contributed by atoms with Crippen molar-refractivity contribution in [3.8, 4) is 5.75 Å². The second kappa shape index (κ2) is 9.30. The predicted molar refractivity (Wildman–Crippen MR) is 117 cm³/mol. The van der Waals surface area contributed by atoms with Crippen LogP contribution in [0.15, 0.2) is 48.5 Å². The largest absolute Gasteiger partial charge is 0.495 e. The molecule has 2 saturated heterocycles. The average molecular weight is 408 g/mol. The van der Waals surface area contributed by atoms with Crippen molar-refractivity contribution in [1.29, 1.82) is 0 Å². The van der Waals surface area contributed by atoms with Crippen LogP contribution in [0.5, 0.6) is 5.75 Å². The van der Waals surface area contributed by atoms with E-state index in [4.69, 9.17) is 4.74 Å². The van der Waals surface area contributed by atoms with E-state index in [-0.39, 0.29) is 17.7 Å². The van der Waals surface area contributed by atoms with E-state index in [2.05, 4.69) is 21.2 Å². The Hall–Kier alpha value is -2.86. The first kappa shape index (κ1) is 20.4. The number of hydrogen-bond acceptors (Lipinski definition) is 5. The monoisotopic (exact) mass is 407 g/mol. The zero-order chi connectivity index (χ0) is 20.9. The molecule has 4 rings (SSSR count). The molecule has 0 bridgehead atoms. The van der Waals surface area contributed by atoms with E-state index < -0.39 is 0 Å². The minimum Gasteiger partial charge on any atom is -0.495 e. The molecule has 1 amide bonds. The molecule has 6 heteroatoms. The van der Waals surface area contributed by atoms with Crippen LogP contribution in [0.4, 0.5) is 5.69 Å². The van der Waals surface area contributed by atoms with Gasteiger partial charge in [0.1, 0.15) is 5.75 Å². The van der Waals surface area contributed by atoms with Crippen LogP contribution < -0.4 is 15.0 Å². The standard InChI is InChI=1S/C24H29N3O3/c1-30-23-5-3-2-4-21(23)27-16-14-26(15-17-27)13-12-22(28)19-8-6-18(7-9-19)20-10-11-24(29)25-20/h2-9,20H,10-17H2,1H3,(H,25,29). The molecule has 0 spiro atoms. The van der Waals surface area contributed by atoms with Crippen LogP contribution in [-0.2, 0) is 4.79 Å². The Morgan fingerprint density at radius 3 is 2.47 bits per heavy atom. The lowest BCUT2D eigenvalue weighted by Crippen LogP contribution is -2.47. The van der Waals surface area contributed by atoms with E-state index in [1.54, 1.807) is 7.11 Å². The first-order chi connectivity index (χ1) is 14.6. The molecule has 1 atom stereocenters. The molecule has 2 aromatic rings. The van der Waals surface area contributed by atoms with E-state index in [1.807, 2.05) is 42.5 Å². The number of carbonyl (C=O) groups is 2. The maximum atomic E-state index is 12.6. The van der Waals surface area contributed by atoms with Crippen molar-refractivity contribution in [2.75, 3.05) is 44.7 Å². The number of amides is 1. The van der Waals surface area contributed by atoms with Crippen molar-refractivity contribution >= 4 is 17.4 Å². The van der Waals surface area contributed by atoms with Crippen LogP contribution in [0.25, 0.3) is 0 Å². The van der Waals surface area contributed by atoms with Crippen molar-refractivity contribution in [3.05, 3.63) is 59.7 Å². The summed E-state index contributed by atoms with van der Waals surface area (Å²) in [6, 6.07) is 15.9. The molecule has 1 unspecified atom stereocenters. The molecule has 0 aromatic heterocycles. The second-order valence-corrected chi connectivity index (χ2v) is 7.95. The van der Waals surface area contributed by atoms with Gasteiger partial charge < -0.3 is 15.0 Å². The average Bonchev–Trinajstić information content (AvgIpc) is 3.24. The Morgan fingerprint density at radius 1 is 1.07 bits per heavy atom. The first-order valence-electron chi connectivity index (χ1n) is 10.7. The minimum atomic E-state index is 0.0844. The van der Waals surface area contributed by atoms with Gasteiger partial charge in [0.2, 0.25) is 5.91 Å². The maximum Gasteiger partial charge on any atom is 0.220 e. The van der Waals surface area contributed by atoms with Crippen molar-refractivity contribution in [2.24, 2.45) is 0 Å². The number of ether oxygens (including phenoxy) is 1. The van der Waals surface area contributed by atoms with Gasteiger partial charge in [0, 0.05) is 51.1 Å². The quantitative estimate of drug-likeness (QED) is 0.715. The number of ketones is 1. The molecule has 0 aliphatic carbocycles. The number of nitrogens with zero attached hydrogens (tertiary/aromatic N) is 2.